The standard InChI is InChI=1S/C24H32N4O/c1-3-23(29)28(22-11-7-8-20(2)25-22)19-24(12-13-24)27-16-14-26(15-17-27)18-21-9-5-4-6-10-21/h4-11H,3,12-19H2,1-2H3. The summed E-state index contributed by atoms with van der Waals surface area (Å²) < 4.78 is 0. The number of carbonyl (C=O) groups is 1. The highest BCUT2D eigenvalue weighted by Crippen LogP contribution is 2.43. The van der Waals surface area contributed by atoms with Gasteiger partial charge in [-0.15, -0.1) is 0 Å². The first-order chi connectivity index (χ1) is 14.1. The van der Waals surface area contributed by atoms with Crippen LogP contribution in [-0.2, 0) is 11.3 Å². The number of aryl methyl sites for hydroxylation is 1. The van der Waals surface area contributed by atoms with Gasteiger partial charge in [0.05, 0.1) is 0 Å². The molecule has 0 unspecified atom stereocenters. The fourth-order valence-corrected chi connectivity index (χ4v) is 4.40. The highest BCUT2D eigenvalue weighted by molar-refractivity contribution is 5.92. The number of pyridine rings is 1. The van der Waals surface area contributed by atoms with Crippen molar-refractivity contribution in [3.05, 3.63) is 59.8 Å². The maximum absolute atomic E-state index is 12.7. The van der Waals surface area contributed by atoms with Crippen molar-refractivity contribution in [1.82, 2.24) is 14.8 Å². The average molecular weight is 393 g/mol. The monoisotopic (exact) mass is 392 g/mol. The zero-order chi connectivity index (χ0) is 20.3. The Morgan fingerprint density at radius 1 is 1.03 bits per heavy atom. The summed E-state index contributed by atoms with van der Waals surface area (Å²) in [6.45, 7) is 10.0. The van der Waals surface area contributed by atoms with Crippen LogP contribution in [0.1, 0.15) is 37.4 Å². The van der Waals surface area contributed by atoms with Gasteiger partial charge in [0.2, 0.25) is 5.91 Å². The number of hydrogen-bond donors (Lipinski definition) is 0. The Labute approximate surface area is 174 Å². The summed E-state index contributed by atoms with van der Waals surface area (Å²) >= 11 is 0. The van der Waals surface area contributed by atoms with Gasteiger partial charge < -0.3 is 0 Å². The van der Waals surface area contributed by atoms with Gasteiger partial charge in [-0.3, -0.25) is 19.5 Å². The number of piperazine rings is 1. The van der Waals surface area contributed by atoms with Gasteiger partial charge in [0, 0.05) is 56.9 Å². The van der Waals surface area contributed by atoms with Crippen LogP contribution in [0.3, 0.4) is 0 Å². The molecule has 1 saturated carbocycles. The summed E-state index contributed by atoms with van der Waals surface area (Å²) in [6.07, 6.45) is 2.85. The van der Waals surface area contributed by atoms with E-state index in [1.807, 2.05) is 36.9 Å². The molecule has 1 aromatic carbocycles. The number of rotatable bonds is 7. The van der Waals surface area contributed by atoms with Crippen molar-refractivity contribution in [2.45, 2.75) is 45.2 Å². The largest absolute Gasteiger partial charge is 0.297 e. The molecule has 4 rings (SSSR count). The zero-order valence-corrected chi connectivity index (χ0v) is 17.7. The number of hydrogen-bond acceptors (Lipinski definition) is 4. The Balaban J connectivity index is 1.40. The third-order valence-electron chi connectivity index (χ3n) is 6.33. The minimum atomic E-state index is 0.134. The molecule has 0 atom stereocenters. The van der Waals surface area contributed by atoms with Gasteiger partial charge in [-0.25, -0.2) is 4.98 Å². The molecule has 1 aromatic heterocycles. The summed E-state index contributed by atoms with van der Waals surface area (Å²) in [5.74, 6) is 0.961. The van der Waals surface area contributed by atoms with Crippen LogP contribution in [0.15, 0.2) is 48.5 Å². The lowest BCUT2D eigenvalue weighted by Crippen LogP contribution is -2.55. The molecule has 1 saturated heterocycles. The molecule has 29 heavy (non-hydrogen) atoms. The second-order valence-corrected chi connectivity index (χ2v) is 8.44. The van der Waals surface area contributed by atoms with E-state index in [1.165, 1.54) is 18.4 Å². The van der Waals surface area contributed by atoms with Crippen LogP contribution in [-0.4, -0.2) is 59.0 Å². The number of amides is 1. The van der Waals surface area contributed by atoms with Crippen molar-refractivity contribution in [3.63, 3.8) is 0 Å². The first-order valence-corrected chi connectivity index (χ1v) is 10.8. The van der Waals surface area contributed by atoms with E-state index < -0.39 is 0 Å². The highest BCUT2D eigenvalue weighted by Gasteiger charge is 2.50. The van der Waals surface area contributed by atoms with Crippen LogP contribution >= 0.6 is 0 Å². The van der Waals surface area contributed by atoms with Crippen LogP contribution in [0.4, 0.5) is 5.82 Å². The Morgan fingerprint density at radius 3 is 2.38 bits per heavy atom. The van der Waals surface area contributed by atoms with Crippen LogP contribution in [0, 0.1) is 6.92 Å². The average Bonchev–Trinajstić information content (AvgIpc) is 3.54. The molecule has 0 radical (unpaired) electrons. The van der Waals surface area contributed by atoms with E-state index in [4.69, 9.17) is 0 Å². The molecule has 0 bridgehead atoms. The van der Waals surface area contributed by atoms with Crippen molar-refractivity contribution >= 4 is 11.7 Å². The summed E-state index contributed by atoms with van der Waals surface area (Å²) in [4.78, 5) is 24.5. The van der Waals surface area contributed by atoms with E-state index in [0.717, 1.165) is 50.8 Å². The summed E-state index contributed by atoms with van der Waals surface area (Å²) in [7, 11) is 0. The molecule has 2 fully saturated rings. The Morgan fingerprint density at radius 2 is 1.76 bits per heavy atom. The van der Waals surface area contributed by atoms with Crippen molar-refractivity contribution in [2.75, 3.05) is 37.6 Å². The molecule has 0 N–H and O–H groups in total. The second-order valence-electron chi connectivity index (χ2n) is 8.44. The number of carbonyl (C=O) groups excluding carboxylic acids is 1. The van der Waals surface area contributed by atoms with Crippen molar-refractivity contribution < 1.29 is 4.79 Å². The fourth-order valence-electron chi connectivity index (χ4n) is 4.40. The smallest absolute Gasteiger partial charge is 0.227 e. The fraction of sp³-hybridized carbons (Fsp3) is 0.500. The lowest BCUT2D eigenvalue weighted by molar-refractivity contribution is -0.118. The molecule has 1 amide bonds. The SMILES string of the molecule is CCC(=O)N(CC1(N2CCN(Cc3ccccc3)CC2)CC1)c1cccc(C)n1. The number of aromatic nitrogens is 1. The minimum absolute atomic E-state index is 0.134. The van der Waals surface area contributed by atoms with E-state index in [1.54, 1.807) is 0 Å². The first-order valence-electron chi connectivity index (χ1n) is 10.8. The first kappa shape index (κ1) is 20.0. The molecule has 2 heterocycles. The van der Waals surface area contributed by atoms with Gasteiger partial charge >= 0.3 is 0 Å². The lowest BCUT2D eigenvalue weighted by Gasteiger charge is -2.41. The zero-order valence-electron chi connectivity index (χ0n) is 17.7. The third-order valence-corrected chi connectivity index (χ3v) is 6.33. The van der Waals surface area contributed by atoms with Gasteiger partial charge in [0.15, 0.2) is 0 Å². The Hall–Kier alpha value is -2.24. The molecule has 2 aromatic rings. The van der Waals surface area contributed by atoms with E-state index in [-0.39, 0.29) is 11.4 Å². The molecular formula is C24H32N4O. The molecule has 2 aliphatic rings. The summed E-state index contributed by atoms with van der Waals surface area (Å²) in [6, 6.07) is 16.7. The van der Waals surface area contributed by atoms with Crippen molar-refractivity contribution in [3.8, 4) is 0 Å². The van der Waals surface area contributed by atoms with Gasteiger partial charge in [-0.1, -0.05) is 43.3 Å². The van der Waals surface area contributed by atoms with E-state index >= 15 is 0 Å². The predicted molar refractivity (Wildman–Crippen MR) is 117 cm³/mol. The topological polar surface area (TPSA) is 39.7 Å². The van der Waals surface area contributed by atoms with Crippen LogP contribution < -0.4 is 4.90 Å². The van der Waals surface area contributed by atoms with Crippen molar-refractivity contribution in [1.29, 1.82) is 0 Å². The maximum atomic E-state index is 12.7. The molecule has 1 aliphatic carbocycles. The minimum Gasteiger partial charge on any atom is -0.297 e. The number of benzene rings is 1. The summed E-state index contributed by atoms with van der Waals surface area (Å²) in [5.41, 5.74) is 2.47. The van der Waals surface area contributed by atoms with Gasteiger partial charge in [0.1, 0.15) is 5.82 Å². The van der Waals surface area contributed by atoms with Crippen LogP contribution in [0.25, 0.3) is 0 Å². The number of anilines is 1. The predicted octanol–water partition coefficient (Wildman–Crippen LogP) is 3.48. The molecule has 5 nitrogen and oxygen atoms in total. The normalized spacial score (nSPS) is 19.1. The highest BCUT2D eigenvalue weighted by atomic mass is 16.2. The quantitative estimate of drug-likeness (QED) is 0.723. The van der Waals surface area contributed by atoms with Gasteiger partial charge in [-0.05, 0) is 37.5 Å². The van der Waals surface area contributed by atoms with Gasteiger partial charge in [0.25, 0.3) is 0 Å². The molecule has 154 valence electrons. The summed E-state index contributed by atoms with van der Waals surface area (Å²) in [5, 5.41) is 0. The van der Waals surface area contributed by atoms with Crippen molar-refractivity contribution in [2.24, 2.45) is 0 Å². The van der Waals surface area contributed by atoms with Crippen LogP contribution in [0.5, 0.6) is 0 Å². The lowest BCUT2D eigenvalue weighted by atomic mass is 10.1. The third kappa shape index (κ3) is 4.68. The Kier molecular flexibility index (Phi) is 5.97. The van der Waals surface area contributed by atoms with Crippen LogP contribution in [0.2, 0.25) is 0 Å². The maximum Gasteiger partial charge on any atom is 0.227 e. The molecule has 0 spiro atoms. The van der Waals surface area contributed by atoms with E-state index in [0.29, 0.717) is 6.42 Å². The van der Waals surface area contributed by atoms with Gasteiger partial charge in [-0.2, -0.15) is 0 Å². The van der Waals surface area contributed by atoms with E-state index in [9.17, 15) is 4.79 Å². The molecule has 5 heteroatoms. The Bertz CT molecular complexity index is 826. The molecule has 1 aliphatic heterocycles. The van der Waals surface area contributed by atoms with E-state index in [2.05, 4.69) is 45.1 Å². The number of nitrogens with zero attached hydrogens (tertiary/aromatic N) is 4. The second kappa shape index (κ2) is 8.64. The molecular weight excluding hydrogens is 360 g/mol.